The van der Waals surface area contributed by atoms with Gasteiger partial charge in [-0.25, -0.2) is 0 Å². The summed E-state index contributed by atoms with van der Waals surface area (Å²) in [4.78, 5) is 13.0. The predicted octanol–water partition coefficient (Wildman–Crippen LogP) is 0.891. The molecule has 0 aromatic carbocycles. The molecule has 1 amide bonds. The molecule has 0 radical (unpaired) electrons. The van der Waals surface area contributed by atoms with Gasteiger partial charge in [-0.2, -0.15) is 0 Å². The molecule has 0 bridgehead atoms. The summed E-state index contributed by atoms with van der Waals surface area (Å²) in [6, 6.07) is 0. The van der Waals surface area contributed by atoms with Crippen LogP contribution in [0.15, 0.2) is 0 Å². The van der Waals surface area contributed by atoms with E-state index >= 15 is 0 Å². The van der Waals surface area contributed by atoms with Gasteiger partial charge in [0.25, 0.3) is 0 Å². The number of hydrogen-bond donors (Lipinski definition) is 0. The van der Waals surface area contributed by atoms with Crippen molar-refractivity contribution in [3.8, 4) is 0 Å². The molecule has 1 saturated heterocycles. The van der Waals surface area contributed by atoms with Gasteiger partial charge in [-0.05, 0) is 0 Å². The van der Waals surface area contributed by atoms with Gasteiger partial charge in [-0.15, -0.1) is 0 Å². The zero-order valence-corrected chi connectivity index (χ0v) is 8.09. The Labute approximate surface area is 73.7 Å². The molecule has 0 N–H and O–H groups in total. The van der Waals surface area contributed by atoms with Crippen LogP contribution in [0.2, 0.25) is 0 Å². The first-order valence-electron chi connectivity index (χ1n) is 4.39. The van der Waals surface area contributed by atoms with Crippen molar-refractivity contribution in [2.75, 3.05) is 26.8 Å². The smallest absolute Gasteiger partial charge is 0.222 e. The maximum atomic E-state index is 11.2. The summed E-state index contributed by atoms with van der Waals surface area (Å²) in [5.41, 5.74) is 0.208. The van der Waals surface area contributed by atoms with Gasteiger partial charge in [-0.1, -0.05) is 13.8 Å². The van der Waals surface area contributed by atoms with Crippen LogP contribution in [-0.2, 0) is 9.53 Å². The average molecular weight is 171 g/mol. The summed E-state index contributed by atoms with van der Waals surface area (Å²) >= 11 is 0. The van der Waals surface area contributed by atoms with E-state index in [9.17, 15) is 4.79 Å². The third-order valence-electron chi connectivity index (χ3n) is 2.25. The highest BCUT2D eigenvalue weighted by molar-refractivity contribution is 5.75. The lowest BCUT2D eigenvalue weighted by molar-refractivity contribution is -0.141. The topological polar surface area (TPSA) is 29.5 Å². The van der Waals surface area contributed by atoms with E-state index in [0.717, 1.165) is 19.8 Å². The number of amides is 1. The van der Waals surface area contributed by atoms with E-state index in [1.165, 1.54) is 0 Å². The SMILES string of the molecule is CCC(=O)N(C)CC1(C)COC1. The Hall–Kier alpha value is -0.570. The number of rotatable bonds is 3. The molecule has 1 aliphatic heterocycles. The molecule has 3 nitrogen and oxygen atoms in total. The van der Waals surface area contributed by atoms with Crippen LogP contribution in [0.3, 0.4) is 0 Å². The number of ether oxygens (including phenoxy) is 1. The monoisotopic (exact) mass is 171 g/mol. The average Bonchev–Trinajstić information content (AvgIpc) is 2.00. The van der Waals surface area contributed by atoms with E-state index < -0.39 is 0 Å². The van der Waals surface area contributed by atoms with Crippen LogP contribution in [0.1, 0.15) is 20.3 Å². The van der Waals surface area contributed by atoms with Crippen LogP contribution >= 0.6 is 0 Å². The van der Waals surface area contributed by atoms with Crippen LogP contribution < -0.4 is 0 Å². The molecule has 0 spiro atoms. The van der Waals surface area contributed by atoms with Crippen molar-refractivity contribution in [2.24, 2.45) is 5.41 Å². The van der Waals surface area contributed by atoms with Crippen LogP contribution in [0.5, 0.6) is 0 Å². The van der Waals surface area contributed by atoms with Gasteiger partial charge in [0, 0.05) is 25.4 Å². The van der Waals surface area contributed by atoms with Gasteiger partial charge in [0.1, 0.15) is 0 Å². The first-order valence-corrected chi connectivity index (χ1v) is 4.39. The second-order valence-corrected chi connectivity index (χ2v) is 3.91. The minimum Gasteiger partial charge on any atom is -0.380 e. The largest absolute Gasteiger partial charge is 0.380 e. The highest BCUT2D eigenvalue weighted by atomic mass is 16.5. The lowest BCUT2D eigenvalue weighted by atomic mass is 9.88. The van der Waals surface area contributed by atoms with Crippen molar-refractivity contribution in [1.82, 2.24) is 4.90 Å². The zero-order chi connectivity index (χ0) is 9.19. The van der Waals surface area contributed by atoms with Gasteiger partial charge in [0.2, 0.25) is 5.91 Å². The third-order valence-corrected chi connectivity index (χ3v) is 2.25. The Morgan fingerprint density at radius 1 is 1.58 bits per heavy atom. The maximum absolute atomic E-state index is 11.2. The van der Waals surface area contributed by atoms with Gasteiger partial charge >= 0.3 is 0 Å². The Morgan fingerprint density at radius 2 is 2.17 bits per heavy atom. The Bertz CT molecular complexity index is 175. The van der Waals surface area contributed by atoms with Crippen LogP contribution in [0.4, 0.5) is 0 Å². The lowest BCUT2D eigenvalue weighted by Crippen LogP contribution is -2.49. The Morgan fingerprint density at radius 3 is 2.50 bits per heavy atom. The quantitative estimate of drug-likeness (QED) is 0.631. The molecule has 0 atom stereocenters. The van der Waals surface area contributed by atoms with Crippen molar-refractivity contribution in [2.45, 2.75) is 20.3 Å². The molecule has 0 aromatic heterocycles. The second kappa shape index (κ2) is 3.44. The van der Waals surface area contributed by atoms with Gasteiger partial charge in [0.05, 0.1) is 13.2 Å². The summed E-state index contributed by atoms with van der Waals surface area (Å²) in [6.45, 7) is 6.43. The highest BCUT2D eigenvalue weighted by Crippen LogP contribution is 2.27. The molecule has 0 saturated carbocycles. The lowest BCUT2D eigenvalue weighted by Gasteiger charge is -2.40. The third kappa shape index (κ3) is 1.97. The normalized spacial score (nSPS) is 19.9. The minimum absolute atomic E-state index is 0.208. The highest BCUT2D eigenvalue weighted by Gasteiger charge is 2.35. The fraction of sp³-hybridized carbons (Fsp3) is 0.889. The fourth-order valence-corrected chi connectivity index (χ4v) is 1.47. The summed E-state index contributed by atoms with van der Waals surface area (Å²) in [6.07, 6.45) is 0.591. The van der Waals surface area contributed by atoms with E-state index in [-0.39, 0.29) is 11.3 Å². The molecule has 0 unspecified atom stereocenters. The fourth-order valence-electron chi connectivity index (χ4n) is 1.47. The molecule has 3 heteroatoms. The van der Waals surface area contributed by atoms with Crippen molar-refractivity contribution < 1.29 is 9.53 Å². The van der Waals surface area contributed by atoms with E-state index in [1.54, 1.807) is 4.90 Å². The molecule has 1 rings (SSSR count). The van der Waals surface area contributed by atoms with Crippen LogP contribution in [0.25, 0.3) is 0 Å². The molecule has 12 heavy (non-hydrogen) atoms. The number of carbonyl (C=O) groups excluding carboxylic acids is 1. The van der Waals surface area contributed by atoms with Crippen molar-refractivity contribution in [3.63, 3.8) is 0 Å². The molecule has 0 aliphatic carbocycles. The van der Waals surface area contributed by atoms with E-state index in [4.69, 9.17) is 4.74 Å². The molecule has 1 fully saturated rings. The Balaban J connectivity index is 2.34. The first-order chi connectivity index (χ1) is 5.57. The van der Waals surface area contributed by atoms with Crippen molar-refractivity contribution in [3.05, 3.63) is 0 Å². The van der Waals surface area contributed by atoms with E-state index in [0.29, 0.717) is 6.42 Å². The molecule has 0 aromatic rings. The summed E-state index contributed by atoms with van der Waals surface area (Å²) < 4.78 is 5.11. The zero-order valence-electron chi connectivity index (χ0n) is 8.09. The standard InChI is InChI=1S/C9H17NO2/c1-4-8(11)10(3)5-9(2)6-12-7-9/h4-7H2,1-3H3. The number of hydrogen-bond acceptors (Lipinski definition) is 2. The molecule has 1 aliphatic rings. The van der Waals surface area contributed by atoms with Crippen LogP contribution in [0, 0.1) is 5.41 Å². The summed E-state index contributed by atoms with van der Waals surface area (Å²) in [5.74, 6) is 0.211. The molecular formula is C9H17NO2. The first kappa shape index (κ1) is 9.52. The van der Waals surface area contributed by atoms with Gasteiger partial charge in [-0.3, -0.25) is 4.79 Å². The van der Waals surface area contributed by atoms with E-state index in [2.05, 4.69) is 6.92 Å². The van der Waals surface area contributed by atoms with E-state index in [1.807, 2.05) is 14.0 Å². The van der Waals surface area contributed by atoms with Crippen molar-refractivity contribution >= 4 is 5.91 Å². The maximum Gasteiger partial charge on any atom is 0.222 e. The molecule has 1 heterocycles. The predicted molar refractivity (Wildman–Crippen MR) is 46.9 cm³/mol. The number of nitrogens with zero attached hydrogens (tertiary/aromatic N) is 1. The molecule has 70 valence electrons. The number of carbonyl (C=O) groups is 1. The minimum atomic E-state index is 0.208. The summed E-state index contributed by atoms with van der Waals surface area (Å²) in [7, 11) is 1.86. The second-order valence-electron chi connectivity index (χ2n) is 3.91. The summed E-state index contributed by atoms with van der Waals surface area (Å²) in [5, 5.41) is 0. The van der Waals surface area contributed by atoms with Crippen molar-refractivity contribution in [1.29, 1.82) is 0 Å². The molecular weight excluding hydrogens is 154 g/mol. The Kier molecular flexibility index (Phi) is 2.73. The van der Waals surface area contributed by atoms with Gasteiger partial charge in [0.15, 0.2) is 0 Å². The van der Waals surface area contributed by atoms with Gasteiger partial charge < -0.3 is 9.64 Å². The van der Waals surface area contributed by atoms with Crippen LogP contribution in [-0.4, -0.2) is 37.6 Å².